The van der Waals surface area contributed by atoms with Gasteiger partial charge in [0.05, 0.1) is 24.7 Å². The van der Waals surface area contributed by atoms with Gasteiger partial charge in [-0.1, -0.05) is 48.5 Å². The number of β-amino-alcohol motifs (C(OH)–C–C–N with tert-alkyl or cyclic N) is 1. The van der Waals surface area contributed by atoms with Gasteiger partial charge in [0.2, 0.25) is 0 Å². The van der Waals surface area contributed by atoms with Crippen LogP contribution in [0.1, 0.15) is 44.2 Å². The van der Waals surface area contributed by atoms with Crippen molar-refractivity contribution in [2.75, 3.05) is 19.7 Å². The van der Waals surface area contributed by atoms with E-state index in [4.69, 9.17) is 9.47 Å². The highest BCUT2D eigenvalue weighted by atomic mass is 16.6. The van der Waals surface area contributed by atoms with E-state index in [0.29, 0.717) is 13.0 Å². The minimum atomic E-state index is -0.828. The van der Waals surface area contributed by atoms with Crippen LogP contribution in [0.2, 0.25) is 0 Å². The van der Waals surface area contributed by atoms with E-state index in [-0.39, 0.29) is 25.1 Å². The zero-order valence-corrected chi connectivity index (χ0v) is 19.2. The number of carbonyl (C=O) groups excluding carboxylic acids is 2. The van der Waals surface area contributed by atoms with Crippen LogP contribution in [0.3, 0.4) is 0 Å². The van der Waals surface area contributed by atoms with Crippen molar-refractivity contribution in [3.8, 4) is 11.1 Å². The van der Waals surface area contributed by atoms with Crippen molar-refractivity contribution < 1.29 is 24.2 Å². The maximum absolute atomic E-state index is 13.1. The first-order chi connectivity index (χ1) is 15.7. The third kappa shape index (κ3) is 3.84. The molecule has 0 radical (unpaired) electrons. The molecular formula is C26H30N2O5. The van der Waals surface area contributed by atoms with Crippen molar-refractivity contribution in [3.05, 3.63) is 59.7 Å². The summed E-state index contributed by atoms with van der Waals surface area (Å²) in [6.07, 6.45) is -1.14. The van der Waals surface area contributed by atoms with E-state index in [9.17, 15) is 14.7 Å². The Bertz CT molecular complexity index is 1030. The second-order valence-corrected chi connectivity index (χ2v) is 10.0. The fraction of sp³-hybridized carbons (Fsp3) is 0.462. The van der Waals surface area contributed by atoms with Gasteiger partial charge in [-0.05, 0) is 49.4 Å². The minimum Gasteiger partial charge on any atom is -0.448 e. The average Bonchev–Trinajstić information content (AvgIpc) is 3.43. The van der Waals surface area contributed by atoms with E-state index in [1.54, 1.807) is 9.80 Å². The number of likely N-dealkylation sites (tertiary alicyclic amines) is 2. The fourth-order valence-corrected chi connectivity index (χ4v) is 5.47. The summed E-state index contributed by atoms with van der Waals surface area (Å²) in [7, 11) is 0. The van der Waals surface area contributed by atoms with Crippen LogP contribution in [-0.4, -0.2) is 70.6 Å². The maximum Gasteiger partial charge on any atom is 0.410 e. The van der Waals surface area contributed by atoms with Gasteiger partial charge < -0.3 is 24.4 Å². The zero-order valence-electron chi connectivity index (χ0n) is 19.2. The van der Waals surface area contributed by atoms with Gasteiger partial charge in [0.1, 0.15) is 12.2 Å². The Morgan fingerprint density at radius 1 is 0.970 bits per heavy atom. The van der Waals surface area contributed by atoms with Gasteiger partial charge in [0.15, 0.2) is 0 Å². The number of benzene rings is 2. The smallest absolute Gasteiger partial charge is 0.410 e. The highest BCUT2D eigenvalue weighted by Gasteiger charge is 2.52. The van der Waals surface area contributed by atoms with Crippen LogP contribution in [-0.2, 0) is 9.47 Å². The summed E-state index contributed by atoms with van der Waals surface area (Å²) in [6, 6.07) is 15.7. The van der Waals surface area contributed by atoms with Crippen molar-refractivity contribution in [1.29, 1.82) is 0 Å². The van der Waals surface area contributed by atoms with Crippen molar-refractivity contribution in [1.82, 2.24) is 9.80 Å². The number of hydrogen-bond donors (Lipinski definition) is 1. The van der Waals surface area contributed by atoms with Crippen molar-refractivity contribution >= 4 is 12.2 Å². The molecule has 2 aromatic rings. The summed E-state index contributed by atoms with van der Waals surface area (Å²) in [5.41, 5.74) is 4.04. The quantitative estimate of drug-likeness (QED) is 0.749. The Balaban J connectivity index is 1.28. The second kappa shape index (κ2) is 8.06. The predicted octanol–water partition coefficient (Wildman–Crippen LogP) is 3.99. The van der Waals surface area contributed by atoms with E-state index < -0.39 is 29.9 Å². The summed E-state index contributed by atoms with van der Waals surface area (Å²) in [5, 5.41) is 10.7. The van der Waals surface area contributed by atoms with Crippen LogP contribution < -0.4 is 0 Å². The number of aliphatic hydroxyl groups is 1. The zero-order chi connectivity index (χ0) is 23.3. The molecule has 2 aromatic carbocycles. The topological polar surface area (TPSA) is 79.3 Å². The number of aliphatic hydroxyl groups excluding tert-OH is 1. The van der Waals surface area contributed by atoms with Gasteiger partial charge in [-0.15, -0.1) is 0 Å². The van der Waals surface area contributed by atoms with Crippen LogP contribution >= 0.6 is 0 Å². The predicted molar refractivity (Wildman–Crippen MR) is 123 cm³/mol. The molecule has 7 heteroatoms. The van der Waals surface area contributed by atoms with Crippen molar-refractivity contribution in [2.45, 2.75) is 56.9 Å². The fourth-order valence-electron chi connectivity index (χ4n) is 5.47. The standard InChI is InChI=1S/C26H30N2O5/c1-26(2,3)33-25(31)28-14-22(29)23-21(28)12-13-27(23)24(30)32-15-20-18-10-6-4-8-16(18)17-9-5-7-11-19(17)20/h4-11,20-23,29H,12-15H2,1-3H3. The number of hydrogen-bond acceptors (Lipinski definition) is 5. The molecule has 5 rings (SSSR count). The van der Waals surface area contributed by atoms with Crippen LogP contribution in [0.5, 0.6) is 0 Å². The van der Waals surface area contributed by atoms with E-state index in [0.717, 1.165) is 11.1 Å². The van der Waals surface area contributed by atoms with Crippen LogP contribution in [0.15, 0.2) is 48.5 Å². The summed E-state index contributed by atoms with van der Waals surface area (Å²) < 4.78 is 11.3. The summed E-state index contributed by atoms with van der Waals surface area (Å²) in [4.78, 5) is 28.8. The molecule has 0 spiro atoms. The van der Waals surface area contributed by atoms with Crippen LogP contribution in [0.25, 0.3) is 11.1 Å². The van der Waals surface area contributed by atoms with E-state index in [1.165, 1.54) is 11.1 Å². The van der Waals surface area contributed by atoms with Gasteiger partial charge in [0, 0.05) is 12.5 Å². The molecule has 2 fully saturated rings. The molecule has 3 atom stereocenters. The van der Waals surface area contributed by atoms with Gasteiger partial charge in [-0.2, -0.15) is 0 Å². The molecule has 33 heavy (non-hydrogen) atoms. The van der Waals surface area contributed by atoms with Crippen LogP contribution in [0, 0.1) is 0 Å². The lowest BCUT2D eigenvalue weighted by Gasteiger charge is -2.28. The summed E-state index contributed by atoms with van der Waals surface area (Å²) in [6.45, 7) is 6.25. The number of nitrogens with zero attached hydrogens (tertiary/aromatic N) is 2. The highest BCUT2D eigenvalue weighted by Crippen LogP contribution is 2.44. The Morgan fingerprint density at radius 2 is 1.58 bits per heavy atom. The molecule has 3 unspecified atom stereocenters. The SMILES string of the molecule is CC(C)(C)OC(=O)N1CC(O)C2C1CCN2C(=O)OCC1c2ccccc2-c2ccccc21. The Labute approximate surface area is 193 Å². The van der Waals surface area contributed by atoms with E-state index >= 15 is 0 Å². The van der Waals surface area contributed by atoms with Gasteiger partial charge in [0.25, 0.3) is 0 Å². The van der Waals surface area contributed by atoms with Crippen LogP contribution in [0.4, 0.5) is 9.59 Å². The van der Waals surface area contributed by atoms with Gasteiger partial charge >= 0.3 is 12.2 Å². The Kier molecular flexibility index (Phi) is 5.32. The number of carbonyl (C=O) groups is 2. The number of rotatable bonds is 2. The highest BCUT2D eigenvalue weighted by molar-refractivity contribution is 5.79. The molecule has 1 aliphatic carbocycles. The molecule has 0 saturated carbocycles. The van der Waals surface area contributed by atoms with Gasteiger partial charge in [-0.25, -0.2) is 9.59 Å². The number of ether oxygens (including phenoxy) is 2. The molecule has 2 aliphatic heterocycles. The lowest BCUT2D eigenvalue weighted by Crippen LogP contribution is -2.45. The molecule has 0 aromatic heterocycles. The molecule has 3 aliphatic rings. The molecule has 2 saturated heterocycles. The second-order valence-electron chi connectivity index (χ2n) is 10.0. The number of fused-ring (bicyclic) bond motifs is 4. The van der Waals surface area contributed by atoms with Crippen molar-refractivity contribution in [3.63, 3.8) is 0 Å². The van der Waals surface area contributed by atoms with E-state index in [1.807, 2.05) is 45.0 Å². The third-order valence-electron chi connectivity index (χ3n) is 6.80. The average molecular weight is 451 g/mol. The first kappa shape index (κ1) is 21.8. The molecule has 0 bridgehead atoms. The first-order valence-corrected chi connectivity index (χ1v) is 11.5. The number of amides is 2. The molecular weight excluding hydrogens is 420 g/mol. The lowest BCUT2D eigenvalue weighted by molar-refractivity contribution is 0.0209. The molecule has 174 valence electrons. The molecule has 2 heterocycles. The monoisotopic (exact) mass is 450 g/mol. The normalized spacial score (nSPS) is 23.8. The Hall–Kier alpha value is -3.06. The van der Waals surface area contributed by atoms with E-state index in [2.05, 4.69) is 24.3 Å². The molecule has 2 amide bonds. The molecule has 1 N–H and O–H groups in total. The largest absolute Gasteiger partial charge is 0.448 e. The summed E-state index contributed by atoms with van der Waals surface area (Å²) >= 11 is 0. The first-order valence-electron chi connectivity index (χ1n) is 11.5. The minimum absolute atomic E-state index is 0.0217. The van der Waals surface area contributed by atoms with Gasteiger partial charge in [-0.3, -0.25) is 0 Å². The lowest BCUT2D eigenvalue weighted by atomic mass is 9.98. The van der Waals surface area contributed by atoms with Crippen molar-refractivity contribution in [2.24, 2.45) is 0 Å². The third-order valence-corrected chi connectivity index (χ3v) is 6.80. The Morgan fingerprint density at radius 3 is 2.18 bits per heavy atom. The summed E-state index contributed by atoms with van der Waals surface area (Å²) in [5.74, 6) is -0.0217. The molecule has 7 nitrogen and oxygen atoms in total. The maximum atomic E-state index is 13.1.